The first-order valence-electron chi connectivity index (χ1n) is 5.52. The van der Waals surface area contributed by atoms with Gasteiger partial charge < -0.3 is 5.32 Å². The molecule has 0 saturated heterocycles. The summed E-state index contributed by atoms with van der Waals surface area (Å²) >= 11 is 1.50. The molecule has 3 rings (SSSR count). The predicted octanol–water partition coefficient (Wildman–Crippen LogP) is 2.54. The lowest BCUT2D eigenvalue weighted by Gasteiger charge is -2.13. The van der Waals surface area contributed by atoms with E-state index in [-0.39, 0.29) is 5.91 Å². The van der Waals surface area contributed by atoms with Gasteiger partial charge in [0.05, 0.1) is 16.3 Å². The second-order valence-electron chi connectivity index (χ2n) is 3.92. The summed E-state index contributed by atoms with van der Waals surface area (Å²) < 4.78 is 0. The molecule has 2 aromatic rings. The van der Waals surface area contributed by atoms with Crippen LogP contribution in [0, 0.1) is 0 Å². The fourth-order valence-electron chi connectivity index (χ4n) is 1.87. The van der Waals surface area contributed by atoms with Crippen LogP contribution in [0.1, 0.15) is 4.88 Å². The molecular weight excluding hydrogens is 246 g/mol. The van der Waals surface area contributed by atoms with Crippen molar-refractivity contribution in [1.82, 2.24) is 0 Å². The summed E-state index contributed by atoms with van der Waals surface area (Å²) in [6.07, 6.45) is 0. The molecular formula is C13H11N3OS. The number of nitrogens with one attached hydrogen (secondary N) is 1. The number of anilines is 2. The normalized spacial score (nSPS) is 14.6. The fraction of sp³-hybridized carbons (Fsp3) is 0.0769. The van der Waals surface area contributed by atoms with E-state index in [1.54, 1.807) is 5.01 Å². The minimum atomic E-state index is -0.172. The molecule has 0 bridgehead atoms. The van der Waals surface area contributed by atoms with Crippen molar-refractivity contribution in [2.75, 3.05) is 17.4 Å². The second-order valence-corrected chi connectivity index (χ2v) is 4.87. The molecule has 5 heteroatoms. The first kappa shape index (κ1) is 11.0. The first-order chi connectivity index (χ1) is 8.75. The van der Waals surface area contributed by atoms with Gasteiger partial charge in [0, 0.05) is 7.05 Å². The van der Waals surface area contributed by atoms with Crippen molar-refractivity contribution < 1.29 is 4.79 Å². The quantitative estimate of drug-likeness (QED) is 0.853. The lowest BCUT2D eigenvalue weighted by molar-refractivity contribution is -0.110. The van der Waals surface area contributed by atoms with Crippen LogP contribution in [-0.2, 0) is 4.79 Å². The lowest BCUT2D eigenvalue weighted by atomic mass is 10.2. The van der Waals surface area contributed by atoms with Gasteiger partial charge in [-0.1, -0.05) is 18.2 Å². The number of hydrogen-bond acceptors (Lipinski definition) is 4. The third kappa shape index (κ3) is 1.78. The molecule has 1 N–H and O–H groups in total. The Kier molecular flexibility index (Phi) is 2.60. The summed E-state index contributed by atoms with van der Waals surface area (Å²) in [6, 6.07) is 11.4. The zero-order valence-corrected chi connectivity index (χ0v) is 10.6. The number of rotatable bonds is 1. The largest absolute Gasteiger partial charge is 0.319 e. The molecule has 4 nitrogen and oxygen atoms in total. The zero-order chi connectivity index (χ0) is 12.5. The van der Waals surface area contributed by atoms with Crippen LogP contribution in [0.4, 0.5) is 11.4 Å². The van der Waals surface area contributed by atoms with E-state index >= 15 is 0 Å². The molecule has 0 saturated carbocycles. The van der Waals surface area contributed by atoms with Crippen molar-refractivity contribution in [2.45, 2.75) is 0 Å². The first-order valence-corrected chi connectivity index (χ1v) is 6.40. The topological polar surface area (TPSA) is 44.7 Å². The molecule has 2 heterocycles. The monoisotopic (exact) mass is 257 g/mol. The molecule has 1 amide bonds. The maximum atomic E-state index is 12.2. The van der Waals surface area contributed by atoms with Gasteiger partial charge in [0.25, 0.3) is 5.91 Å². The molecule has 0 unspecified atom stereocenters. The van der Waals surface area contributed by atoms with Crippen molar-refractivity contribution >= 4 is 34.3 Å². The van der Waals surface area contributed by atoms with Gasteiger partial charge in [-0.3, -0.25) is 9.80 Å². The van der Waals surface area contributed by atoms with Crippen molar-refractivity contribution in [3.63, 3.8) is 0 Å². The van der Waals surface area contributed by atoms with Crippen LogP contribution in [0.5, 0.6) is 0 Å². The van der Waals surface area contributed by atoms with Crippen molar-refractivity contribution in [3.8, 4) is 0 Å². The van der Waals surface area contributed by atoms with Crippen LogP contribution >= 0.6 is 11.3 Å². The van der Waals surface area contributed by atoms with E-state index in [0.29, 0.717) is 5.71 Å². The number of para-hydroxylation sites is 2. The number of fused-ring (bicyclic) bond motifs is 1. The van der Waals surface area contributed by atoms with Crippen LogP contribution in [0.25, 0.3) is 0 Å². The molecule has 0 fully saturated rings. The lowest BCUT2D eigenvalue weighted by Crippen LogP contribution is -2.22. The maximum Gasteiger partial charge on any atom is 0.277 e. The van der Waals surface area contributed by atoms with E-state index < -0.39 is 0 Å². The molecule has 0 atom stereocenters. The molecule has 0 spiro atoms. The van der Waals surface area contributed by atoms with E-state index in [9.17, 15) is 4.79 Å². The number of hydrogen-bond donors (Lipinski definition) is 1. The Labute approximate surface area is 109 Å². The molecule has 0 radical (unpaired) electrons. The average molecular weight is 257 g/mol. The Hall–Kier alpha value is -2.14. The minimum Gasteiger partial charge on any atom is -0.319 e. The SMILES string of the molecule is CN1N=C(c2cccs2)C(=O)Nc2ccccc21. The van der Waals surface area contributed by atoms with Gasteiger partial charge in [-0.15, -0.1) is 11.3 Å². The van der Waals surface area contributed by atoms with Gasteiger partial charge in [0.2, 0.25) is 0 Å². The molecule has 1 aromatic heterocycles. The van der Waals surface area contributed by atoms with E-state index in [1.807, 2.05) is 48.8 Å². The second kappa shape index (κ2) is 4.27. The highest BCUT2D eigenvalue weighted by Crippen LogP contribution is 2.28. The summed E-state index contributed by atoms with van der Waals surface area (Å²) in [5, 5.41) is 10.9. The van der Waals surface area contributed by atoms with Gasteiger partial charge in [0.15, 0.2) is 5.71 Å². The highest BCUT2D eigenvalue weighted by atomic mass is 32.1. The zero-order valence-electron chi connectivity index (χ0n) is 9.75. The standard InChI is InChI=1S/C13H11N3OS/c1-16-10-6-3-2-5-9(10)14-13(17)12(15-16)11-7-4-8-18-11/h2-8H,1H3,(H,14,17). The van der Waals surface area contributed by atoms with Crippen LogP contribution in [0.3, 0.4) is 0 Å². The summed E-state index contributed by atoms with van der Waals surface area (Å²) in [6.45, 7) is 0. The summed E-state index contributed by atoms with van der Waals surface area (Å²) in [7, 11) is 1.84. The predicted molar refractivity (Wildman–Crippen MR) is 74.3 cm³/mol. The van der Waals surface area contributed by atoms with E-state index in [2.05, 4.69) is 10.4 Å². The average Bonchev–Trinajstić information content (AvgIpc) is 2.85. The van der Waals surface area contributed by atoms with Gasteiger partial charge in [-0.25, -0.2) is 0 Å². The summed E-state index contributed by atoms with van der Waals surface area (Å²) in [5.41, 5.74) is 2.11. The Balaban J connectivity index is 2.09. The molecule has 0 aliphatic carbocycles. The minimum absolute atomic E-state index is 0.172. The highest BCUT2D eigenvalue weighted by Gasteiger charge is 2.22. The maximum absolute atomic E-state index is 12.2. The fourth-order valence-corrected chi connectivity index (χ4v) is 2.57. The van der Waals surface area contributed by atoms with Crippen LogP contribution in [-0.4, -0.2) is 18.7 Å². The number of nitrogens with zero attached hydrogens (tertiary/aromatic N) is 2. The van der Waals surface area contributed by atoms with Crippen molar-refractivity contribution in [3.05, 3.63) is 46.7 Å². The van der Waals surface area contributed by atoms with E-state index in [0.717, 1.165) is 16.3 Å². The van der Waals surface area contributed by atoms with Gasteiger partial charge in [-0.2, -0.15) is 5.10 Å². The van der Waals surface area contributed by atoms with Crippen LogP contribution in [0.15, 0.2) is 46.9 Å². The highest BCUT2D eigenvalue weighted by molar-refractivity contribution is 7.13. The third-order valence-corrected chi connectivity index (χ3v) is 3.60. The molecule has 18 heavy (non-hydrogen) atoms. The van der Waals surface area contributed by atoms with Crippen LogP contribution in [0.2, 0.25) is 0 Å². The Morgan fingerprint density at radius 3 is 2.83 bits per heavy atom. The Morgan fingerprint density at radius 2 is 2.06 bits per heavy atom. The Bertz CT molecular complexity index is 619. The van der Waals surface area contributed by atoms with Crippen LogP contribution < -0.4 is 10.3 Å². The number of carbonyl (C=O) groups excluding carboxylic acids is 1. The Morgan fingerprint density at radius 1 is 1.22 bits per heavy atom. The molecule has 1 aliphatic rings. The number of hydrazone groups is 1. The van der Waals surface area contributed by atoms with Gasteiger partial charge in [0.1, 0.15) is 0 Å². The van der Waals surface area contributed by atoms with E-state index in [4.69, 9.17) is 0 Å². The van der Waals surface area contributed by atoms with Gasteiger partial charge in [-0.05, 0) is 23.6 Å². The summed E-state index contributed by atoms with van der Waals surface area (Å²) in [4.78, 5) is 13.0. The van der Waals surface area contributed by atoms with E-state index in [1.165, 1.54) is 11.3 Å². The number of carbonyl (C=O) groups is 1. The smallest absolute Gasteiger partial charge is 0.277 e. The van der Waals surface area contributed by atoms with Crippen molar-refractivity contribution in [1.29, 1.82) is 0 Å². The summed E-state index contributed by atoms with van der Waals surface area (Å²) in [5.74, 6) is -0.172. The molecule has 1 aliphatic heterocycles. The van der Waals surface area contributed by atoms with Crippen molar-refractivity contribution in [2.24, 2.45) is 5.10 Å². The number of amides is 1. The van der Waals surface area contributed by atoms with Gasteiger partial charge >= 0.3 is 0 Å². The number of thiophene rings is 1. The number of benzene rings is 1. The molecule has 90 valence electrons. The third-order valence-electron chi connectivity index (χ3n) is 2.72. The molecule has 1 aromatic carbocycles.